The van der Waals surface area contributed by atoms with Crippen molar-refractivity contribution in [3.8, 4) is 0 Å². The van der Waals surface area contributed by atoms with Crippen LogP contribution in [-0.2, 0) is 9.59 Å². The number of carbonyl (C=O) groups excluding carboxylic acids is 2. The summed E-state index contributed by atoms with van der Waals surface area (Å²) in [6.45, 7) is 4.41. The van der Waals surface area contributed by atoms with Crippen LogP contribution in [0.15, 0.2) is 11.6 Å². The Morgan fingerprint density at radius 1 is 1.33 bits per heavy atom. The van der Waals surface area contributed by atoms with Gasteiger partial charge in [0.15, 0.2) is 0 Å². The van der Waals surface area contributed by atoms with Crippen LogP contribution >= 0.6 is 0 Å². The number of hydrogen-bond donors (Lipinski definition) is 2. The molecule has 0 aromatic rings. The van der Waals surface area contributed by atoms with Gasteiger partial charge in [0.25, 0.3) is 0 Å². The Morgan fingerprint density at radius 2 is 2.11 bits per heavy atom. The van der Waals surface area contributed by atoms with E-state index in [1.165, 1.54) is 18.4 Å². The first-order chi connectivity index (χ1) is 8.63. The molecule has 4 heteroatoms. The molecular weight excluding hydrogens is 228 g/mol. The minimum atomic E-state index is -0.526. The van der Waals surface area contributed by atoms with Crippen LogP contribution in [0.25, 0.3) is 0 Å². The molecule has 0 aliphatic heterocycles. The Balaban J connectivity index is 2.20. The number of nitrogens with one attached hydrogen (secondary N) is 2. The van der Waals surface area contributed by atoms with Gasteiger partial charge >= 0.3 is 11.8 Å². The number of carbonyl (C=O) groups is 2. The van der Waals surface area contributed by atoms with Gasteiger partial charge in [-0.15, -0.1) is 0 Å². The van der Waals surface area contributed by atoms with Gasteiger partial charge in [-0.05, 0) is 45.4 Å². The summed E-state index contributed by atoms with van der Waals surface area (Å²) in [5.74, 6) is -1.05. The molecule has 1 aliphatic rings. The first-order valence-corrected chi connectivity index (χ1v) is 6.90. The van der Waals surface area contributed by atoms with E-state index in [0.29, 0.717) is 6.54 Å². The van der Waals surface area contributed by atoms with Crippen LogP contribution in [0.5, 0.6) is 0 Å². The van der Waals surface area contributed by atoms with Gasteiger partial charge < -0.3 is 10.6 Å². The van der Waals surface area contributed by atoms with E-state index < -0.39 is 11.8 Å². The number of rotatable bonds is 5. The van der Waals surface area contributed by atoms with Gasteiger partial charge in [0.2, 0.25) is 0 Å². The molecule has 102 valence electrons. The van der Waals surface area contributed by atoms with E-state index in [9.17, 15) is 9.59 Å². The Labute approximate surface area is 109 Å². The SMILES string of the molecule is CC[C@@H](C)NC(=O)C(=O)NCCC1=CCCCC1. The second-order valence-electron chi connectivity index (χ2n) is 4.90. The highest BCUT2D eigenvalue weighted by Crippen LogP contribution is 2.19. The fraction of sp³-hybridized carbons (Fsp3) is 0.714. The van der Waals surface area contributed by atoms with Gasteiger partial charge in [-0.2, -0.15) is 0 Å². The molecule has 1 rings (SSSR count). The second-order valence-corrected chi connectivity index (χ2v) is 4.90. The van der Waals surface area contributed by atoms with Crippen molar-refractivity contribution in [3.63, 3.8) is 0 Å². The van der Waals surface area contributed by atoms with Gasteiger partial charge in [-0.3, -0.25) is 9.59 Å². The maximum absolute atomic E-state index is 11.5. The van der Waals surface area contributed by atoms with Crippen LogP contribution in [0.1, 0.15) is 52.4 Å². The Bertz CT molecular complexity index is 324. The van der Waals surface area contributed by atoms with Crippen molar-refractivity contribution in [2.75, 3.05) is 6.54 Å². The van der Waals surface area contributed by atoms with Crippen LogP contribution in [0.4, 0.5) is 0 Å². The number of allylic oxidation sites excluding steroid dienone is 1. The summed E-state index contributed by atoms with van der Waals surface area (Å²) >= 11 is 0. The summed E-state index contributed by atoms with van der Waals surface area (Å²) in [4.78, 5) is 23.0. The summed E-state index contributed by atoms with van der Waals surface area (Å²) in [6, 6.07) is 0.0457. The lowest BCUT2D eigenvalue weighted by molar-refractivity contribution is -0.139. The monoisotopic (exact) mass is 252 g/mol. The summed E-state index contributed by atoms with van der Waals surface area (Å²) < 4.78 is 0. The molecule has 0 radical (unpaired) electrons. The van der Waals surface area contributed by atoms with Crippen LogP contribution in [-0.4, -0.2) is 24.4 Å². The van der Waals surface area contributed by atoms with E-state index in [0.717, 1.165) is 25.7 Å². The molecule has 0 unspecified atom stereocenters. The standard InChI is InChI=1S/C14H24N2O2/c1-3-11(2)16-14(18)13(17)15-10-9-12-7-5-4-6-8-12/h7,11H,3-6,8-10H2,1-2H3,(H,15,17)(H,16,18)/t11-/m1/s1. The average molecular weight is 252 g/mol. The Kier molecular flexibility index (Phi) is 6.47. The predicted octanol–water partition coefficient (Wildman–Crippen LogP) is 1.91. The van der Waals surface area contributed by atoms with Gasteiger partial charge in [-0.1, -0.05) is 18.6 Å². The Morgan fingerprint density at radius 3 is 2.72 bits per heavy atom. The lowest BCUT2D eigenvalue weighted by Crippen LogP contribution is -2.43. The zero-order valence-corrected chi connectivity index (χ0v) is 11.4. The molecule has 0 aromatic carbocycles. The van der Waals surface area contributed by atoms with Crippen molar-refractivity contribution in [1.29, 1.82) is 0 Å². The normalized spacial score (nSPS) is 16.7. The molecule has 0 saturated heterocycles. The molecule has 0 bridgehead atoms. The fourth-order valence-electron chi connectivity index (χ4n) is 1.94. The molecule has 0 saturated carbocycles. The molecular formula is C14H24N2O2. The van der Waals surface area contributed by atoms with E-state index in [4.69, 9.17) is 0 Å². The van der Waals surface area contributed by atoms with Crippen molar-refractivity contribution in [2.24, 2.45) is 0 Å². The van der Waals surface area contributed by atoms with Crippen LogP contribution in [0, 0.1) is 0 Å². The maximum atomic E-state index is 11.5. The zero-order valence-electron chi connectivity index (χ0n) is 11.4. The highest BCUT2D eigenvalue weighted by molar-refractivity contribution is 6.35. The molecule has 4 nitrogen and oxygen atoms in total. The highest BCUT2D eigenvalue weighted by atomic mass is 16.2. The van der Waals surface area contributed by atoms with Gasteiger partial charge in [-0.25, -0.2) is 0 Å². The summed E-state index contributed by atoms with van der Waals surface area (Å²) in [5.41, 5.74) is 1.41. The summed E-state index contributed by atoms with van der Waals surface area (Å²) in [6.07, 6.45) is 8.75. The lowest BCUT2D eigenvalue weighted by Gasteiger charge is -2.14. The minimum Gasteiger partial charge on any atom is -0.348 e. The van der Waals surface area contributed by atoms with Crippen molar-refractivity contribution < 1.29 is 9.59 Å². The summed E-state index contributed by atoms with van der Waals surface area (Å²) in [7, 11) is 0. The van der Waals surface area contributed by atoms with E-state index in [1.807, 2.05) is 13.8 Å². The van der Waals surface area contributed by atoms with Crippen molar-refractivity contribution in [3.05, 3.63) is 11.6 Å². The first-order valence-electron chi connectivity index (χ1n) is 6.90. The molecule has 2 N–H and O–H groups in total. The molecule has 0 fully saturated rings. The van der Waals surface area contributed by atoms with Crippen molar-refractivity contribution in [1.82, 2.24) is 10.6 Å². The van der Waals surface area contributed by atoms with Gasteiger partial charge in [0.1, 0.15) is 0 Å². The topological polar surface area (TPSA) is 58.2 Å². The second kappa shape index (κ2) is 7.90. The third kappa shape index (κ3) is 5.34. The molecule has 2 amide bonds. The molecule has 0 heterocycles. The number of amides is 2. The lowest BCUT2D eigenvalue weighted by atomic mass is 9.97. The molecule has 18 heavy (non-hydrogen) atoms. The van der Waals surface area contributed by atoms with Crippen molar-refractivity contribution in [2.45, 2.75) is 58.4 Å². The van der Waals surface area contributed by atoms with E-state index >= 15 is 0 Å². The smallest absolute Gasteiger partial charge is 0.309 e. The number of hydrogen-bond acceptors (Lipinski definition) is 2. The van der Waals surface area contributed by atoms with Gasteiger partial charge in [0, 0.05) is 12.6 Å². The third-order valence-corrected chi connectivity index (χ3v) is 3.31. The highest BCUT2D eigenvalue weighted by Gasteiger charge is 2.14. The van der Waals surface area contributed by atoms with Crippen LogP contribution in [0.3, 0.4) is 0 Å². The Hall–Kier alpha value is -1.32. The van der Waals surface area contributed by atoms with E-state index in [-0.39, 0.29) is 6.04 Å². The van der Waals surface area contributed by atoms with E-state index in [1.54, 1.807) is 0 Å². The first kappa shape index (κ1) is 14.7. The minimum absolute atomic E-state index is 0.0457. The summed E-state index contributed by atoms with van der Waals surface area (Å²) in [5, 5.41) is 5.32. The zero-order chi connectivity index (χ0) is 13.4. The molecule has 0 aromatic heterocycles. The average Bonchev–Trinajstić information content (AvgIpc) is 2.39. The van der Waals surface area contributed by atoms with Crippen molar-refractivity contribution >= 4 is 11.8 Å². The molecule has 1 atom stereocenters. The fourth-order valence-corrected chi connectivity index (χ4v) is 1.94. The van der Waals surface area contributed by atoms with Crippen LogP contribution < -0.4 is 10.6 Å². The quantitative estimate of drug-likeness (QED) is 0.580. The predicted molar refractivity (Wildman–Crippen MR) is 72.1 cm³/mol. The molecule has 0 spiro atoms. The van der Waals surface area contributed by atoms with Crippen LogP contribution in [0.2, 0.25) is 0 Å². The third-order valence-electron chi connectivity index (χ3n) is 3.31. The van der Waals surface area contributed by atoms with E-state index in [2.05, 4.69) is 16.7 Å². The van der Waals surface area contributed by atoms with Gasteiger partial charge in [0.05, 0.1) is 0 Å². The molecule has 1 aliphatic carbocycles. The largest absolute Gasteiger partial charge is 0.348 e. The maximum Gasteiger partial charge on any atom is 0.309 e.